The lowest BCUT2D eigenvalue weighted by molar-refractivity contribution is -0.0633. The second-order valence-electron chi connectivity index (χ2n) is 3.61. The molecule has 1 saturated heterocycles. The van der Waals surface area contributed by atoms with Crippen LogP contribution in [0.3, 0.4) is 0 Å². The minimum atomic E-state index is 0.895. The summed E-state index contributed by atoms with van der Waals surface area (Å²) in [6.45, 7) is 6.63. The Hall–Kier alpha value is -0.0400. The Morgan fingerprint density at radius 2 is 2.09 bits per heavy atom. The Balaban J connectivity index is 2.13. The van der Waals surface area contributed by atoms with Gasteiger partial charge in [-0.15, -0.1) is 0 Å². The SMILES string of the molecule is CCCCC(CC)C1COC1. The van der Waals surface area contributed by atoms with Crippen molar-refractivity contribution < 1.29 is 4.74 Å². The fraction of sp³-hybridized carbons (Fsp3) is 1.00. The molecule has 1 unspecified atom stereocenters. The fourth-order valence-corrected chi connectivity index (χ4v) is 1.77. The van der Waals surface area contributed by atoms with Gasteiger partial charge in [0.15, 0.2) is 0 Å². The average Bonchev–Trinajstić information content (AvgIpc) is 1.93. The van der Waals surface area contributed by atoms with Crippen LogP contribution in [0.25, 0.3) is 0 Å². The molecule has 66 valence electrons. The summed E-state index contributed by atoms with van der Waals surface area (Å²) in [6, 6.07) is 0. The molecule has 0 saturated carbocycles. The Morgan fingerprint density at radius 1 is 1.36 bits per heavy atom. The van der Waals surface area contributed by atoms with Crippen LogP contribution in [0, 0.1) is 11.8 Å². The molecule has 1 fully saturated rings. The van der Waals surface area contributed by atoms with Crippen LogP contribution in [-0.4, -0.2) is 13.2 Å². The second-order valence-corrected chi connectivity index (χ2v) is 3.61. The van der Waals surface area contributed by atoms with E-state index in [4.69, 9.17) is 4.74 Å². The first kappa shape index (κ1) is 9.05. The molecule has 1 rings (SSSR count). The van der Waals surface area contributed by atoms with Gasteiger partial charge in [0.1, 0.15) is 0 Å². The van der Waals surface area contributed by atoms with Gasteiger partial charge in [-0.05, 0) is 5.92 Å². The van der Waals surface area contributed by atoms with E-state index in [2.05, 4.69) is 13.8 Å². The Bertz CT molecular complexity index is 97.0. The van der Waals surface area contributed by atoms with Crippen molar-refractivity contribution in [2.24, 2.45) is 11.8 Å². The van der Waals surface area contributed by atoms with Crippen LogP contribution in [0.5, 0.6) is 0 Å². The molecule has 11 heavy (non-hydrogen) atoms. The summed E-state index contributed by atoms with van der Waals surface area (Å²) in [6.07, 6.45) is 5.49. The summed E-state index contributed by atoms with van der Waals surface area (Å²) in [7, 11) is 0. The molecule has 1 nitrogen and oxygen atoms in total. The molecule has 0 amide bonds. The van der Waals surface area contributed by atoms with Gasteiger partial charge < -0.3 is 4.74 Å². The van der Waals surface area contributed by atoms with Gasteiger partial charge in [-0.25, -0.2) is 0 Å². The van der Waals surface area contributed by atoms with E-state index in [9.17, 15) is 0 Å². The van der Waals surface area contributed by atoms with Gasteiger partial charge in [-0.2, -0.15) is 0 Å². The smallest absolute Gasteiger partial charge is 0.0519 e. The molecule has 0 aromatic heterocycles. The van der Waals surface area contributed by atoms with Crippen LogP contribution < -0.4 is 0 Å². The van der Waals surface area contributed by atoms with E-state index < -0.39 is 0 Å². The van der Waals surface area contributed by atoms with E-state index in [1.807, 2.05) is 0 Å². The van der Waals surface area contributed by atoms with Crippen molar-refractivity contribution in [1.29, 1.82) is 0 Å². The van der Waals surface area contributed by atoms with Crippen molar-refractivity contribution in [3.05, 3.63) is 0 Å². The van der Waals surface area contributed by atoms with Crippen molar-refractivity contribution in [2.75, 3.05) is 13.2 Å². The monoisotopic (exact) mass is 156 g/mol. The number of hydrogen-bond donors (Lipinski definition) is 0. The van der Waals surface area contributed by atoms with Crippen LogP contribution >= 0.6 is 0 Å². The molecule has 0 N–H and O–H groups in total. The van der Waals surface area contributed by atoms with Gasteiger partial charge in [0.25, 0.3) is 0 Å². The molecule has 0 aliphatic carbocycles. The van der Waals surface area contributed by atoms with Crippen LogP contribution in [-0.2, 0) is 4.74 Å². The zero-order chi connectivity index (χ0) is 8.10. The number of hydrogen-bond acceptors (Lipinski definition) is 1. The Kier molecular flexibility index (Phi) is 3.92. The third-order valence-corrected chi connectivity index (χ3v) is 2.78. The predicted octanol–water partition coefficient (Wildman–Crippen LogP) is 2.85. The molecular formula is C10H20O. The standard InChI is InChI=1S/C10H20O/c1-3-5-6-9(4-2)10-7-11-8-10/h9-10H,3-8H2,1-2H3. The summed E-state index contributed by atoms with van der Waals surface area (Å²) >= 11 is 0. The van der Waals surface area contributed by atoms with E-state index in [-0.39, 0.29) is 0 Å². The lowest BCUT2D eigenvalue weighted by Crippen LogP contribution is -2.34. The van der Waals surface area contributed by atoms with Gasteiger partial charge in [0, 0.05) is 5.92 Å². The maximum Gasteiger partial charge on any atom is 0.0519 e. The van der Waals surface area contributed by atoms with Crippen molar-refractivity contribution in [3.63, 3.8) is 0 Å². The molecule has 0 bridgehead atoms. The van der Waals surface area contributed by atoms with Crippen molar-refractivity contribution in [1.82, 2.24) is 0 Å². The van der Waals surface area contributed by atoms with Crippen LogP contribution in [0.2, 0.25) is 0 Å². The Labute approximate surface area is 70.1 Å². The summed E-state index contributed by atoms with van der Waals surface area (Å²) in [5, 5.41) is 0. The fourth-order valence-electron chi connectivity index (χ4n) is 1.77. The molecule has 0 radical (unpaired) electrons. The third-order valence-electron chi connectivity index (χ3n) is 2.78. The highest BCUT2D eigenvalue weighted by Crippen LogP contribution is 2.27. The van der Waals surface area contributed by atoms with Crippen molar-refractivity contribution in [3.8, 4) is 0 Å². The molecule has 0 aromatic rings. The number of rotatable bonds is 5. The molecule has 0 aromatic carbocycles. The first-order chi connectivity index (χ1) is 5.38. The summed E-state index contributed by atoms with van der Waals surface area (Å²) < 4.78 is 5.20. The minimum absolute atomic E-state index is 0.895. The maximum atomic E-state index is 5.20. The molecular weight excluding hydrogens is 136 g/mol. The van der Waals surface area contributed by atoms with E-state index in [1.54, 1.807) is 0 Å². The highest BCUT2D eigenvalue weighted by atomic mass is 16.5. The maximum absolute atomic E-state index is 5.20. The molecule has 0 spiro atoms. The molecule has 1 aliphatic rings. The molecule has 1 heterocycles. The van der Waals surface area contributed by atoms with Gasteiger partial charge in [-0.1, -0.05) is 39.5 Å². The zero-order valence-electron chi connectivity index (χ0n) is 7.81. The largest absolute Gasteiger partial charge is 0.381 e. The normalized spacial score (nSPS) is 21.3. The van der Waals surface area contributed by atoms with E-state index in [0.717, 1.165) is 25.0 Å². The minimum Gasteiger partial charge on any atom is -0.381 e. The first-order valence-corrected chi connectivity index (χ1v) is 4.96. The summed E-state index contributed by atoms with van der Waals surface area (Å²) in [4.78, 5) is 0. The van der Waals surface area contributed by atoms with Gasteiger partial charge >= 0.3 is 0 Å². The lowest BCUT2D eigenvalue weighted by Gasteiger charge is -2.33. The van der Waals surface area contributed by atoms with Crippen molar-refractivity contribution >= 4 is 0 Å². The van der Waals surface area contributed by atoms with E-state index in [0.29, 0.717) is 0 Å². The number of ether oxygens (including phenoxy) is 1. The lowest BCUT2D eigenvalue weighted by atomic mass is 9.85. The van der Waals surface area contributed by atoms with E-state index >= 15 is 0 Å². The molecule has 1 heteroatoms. The summed E-state index contributed by atoms with van der Waals surface area (Å²) in [5.41, 5.74) is 0. The Morgan fingerprint density at radius 3 is 2.45 bits per heavy atom. The van der Waals surface area contributed by atoms with Gasteiger partial charge in [-0.3, -0.25) is 0 Å². The zero-order valence-corrected chi connectivity index (χ0v) is 7.81. The third kappa shape index (κ3) is 2.48. The predicted molar refractivity (Wildman–Crippen MR) is 47.6 cm³/mol. The van der Waals surface area contributed by atoms with Crippen LogP contribution in [0.4, 0.5) is 0 Å². The highest BCUT2D eigenvalue weighted by Gasteiger charge is 2.26. The van der Waals surface area contributed by atoms with Gasteiger partial charge in [0.2, 0.25) is 0 Å². The van der Waals surface area contributed by atoms with Crippen LogP contribution in [0.15, 0.2) is 0 Å². The average molecular weight is 156 g/mol. The molecule has 1 atom stereocenters. The quantitative estimate of drug-likeness (QED) is 0.594. The van der Waals surface area contributed by atoms with E-state index in [1.165, 1.54) is 25.7 Å². The number of unbranched alkanes of at least 4 members (excludes halogenated alkanes) is 1. The first-order valence-electron chi connectivity index (χ1n) is 4.96. The van der Waals surface area contributed by atoms with Crippen LogP contribution in [0.1, 0.15) is 39.5 Å². The highest BCUT2D eigenvalue weighted by molar-refractivity contribution is 4.73. The van der Waals surface area contributed by atoms with Crippen molar-refractivity contribution in [2.45, 2.75) is 39.5 Å². The molecule has 1 aliphatic heterocycles. The summed E-state index contributed by atoms with van der Waals surface area (Å²) in [5.74, 6) is 1.84. The van der Waals surface area contributed by atoms with Gasteiger partial charge in [0.05, 0.1) is 13.2 Å². The second kappa shape index (κ2) is 4.76. The topological polar surface area (TPSA) is 9.23 Å².